The summed E-state index contributed by atoms with van der Waals surface area (Å²) in [7, 11) is 2.00. The smallest absolute Gasteiger partial charge is 0.120 e. The number of ether oxygens (including phenoxy) is 1. The Morgan fingerprint density at radius 3 is 2.75 bits per heavy atom. The quantitative estimate of drug-likeness (QED) is 0.737. The van der Waals surface area contributed by atoms with Crippen molar-refractivity contribution in [3.63, 3.8) is 0 Å². The van der Waals surface area contributed by atoms with E-state index in [1.165, 1.54) is 19.3 Å². The molecule has 16 heavy (non-hydrogen) atoms. The summed E-state index contributed by atoms with van der Waals surface area (Å²) in [6, 6.07) is 7.99. The minimum atomic E-state index is 0.815. The van der Waals surface area contributed by atoms with Crippen molar-refractivity contribution >= 4 is 15.9 Å². The number of benzene rings is 1. The summed E-state index contributed by atoms with van der Waals surface area (Å²) in [5, 5.41) is 3.15. The molecular formula is C13H20BrNO. The molecule has 0 heterocycles. The minimum Gasteiger partial charge on any atom is -0.494 e. The van der Waals surface area contributed by atoms with E-state index in [0.717, 1.165) is 29.8 Å². The highest BCUT2D eigenvalue weighted by Crippen LogP contribution is 2.17. The molecule has 0 amide bonds. The molecule has 0 radical (unpaired) electrons. The SMILES string of the molecule is CNCCCCCCOc1cccc(Br)c1. The van der Waals surface area contributed by atoms with Crippen molar-refractivity contribution in [3.05, 3.63) is 28.7 Å². The molecule has 3 heteroatoms. The lowest BCUT2D eigenvalue weighted by atomic mass is 10.2. The molecule has 0 atom stereocenters. The maximum atomic E-state index is 5.65. The fourth-order valence-electron chi connectivity index (χ4n) is 1.50. The molecule has 0 bridgehead atoms. The first kappa shape index (κ1) is 13.5. The third-order valence-corrected chi connectivity index (χ3v) is 2.88. The molecule has 0 aliphatic carbocycles. The van der Waals surface area contributed by atoms with Crippen LogP contribution in [0.1, 0.15) is 25.7 Å². The van der Waals surface area contributed by atoms with Gasteiger partial charge in [0, 0.05) is 4.47 Å². The van der Waals surface area contributed by atoms with Crippen molar-refractivity contribution in [3.8, 4) is 5.75 Å². The highest BCUT2D eigenvalue weighted by molar-refractivity contribution is 9.10. The fraction of sp³-hybridized carbons (Fsp3) is 0.538. The Balaban J connectivity index is 2.03. The molecule has 90 valence electrons. The number of rotatable bonds is 8. The van der Waals surface area contributed by atoms with Gasteiger partial charge in [0.1, 0.15) is 5.75 Å². The van der Waals surface area contributed by atoms with Crippen molar-refractivity contribution < 1.29 is 4.74 Å². The van der Waals surface area contributed by atoms with Crippen LogP contribution in [0.25, 0.3) is 0 Å². The Morgan fingerprint density at radius 2 is 2.00 bits per heavy atom. The van der Waals surface area contributed by atoms with Crippen molar-refractivity contribution in [1.29, 1.82) is 0 Å². The molecule has 2 nitrogen and oxygen atoms in total. The lowest BCUT2D eigenvalue weighted by Crippen LogP contribution is -2.07. The molecule has 0 aliphatic heterocycles. The normalized spacial score (nSPS) is 10.4. The van der Waals surface area contributed by atoms with Gasteiger partial charge in [0.2, 0.25) is 0 Å². The molecule has 1 aromatic carbocycles. The van der Waals surface area contributed by atoms with Crippen LogP contribution in [0.2, 0.25) is 0 Å². The van der Waals surface area contributed by atoms with Gasteiger partial charge in [-0.3, -0.25) is 0 Å². The molecule has 0 saturated heterocycles. The van der Waals surface area contributed by atoms with Gasteiger partial charge in [-0.15, -0.1) is 0 Å². The van der Waals surface area contributed by atoms with Crippen LogP contribution in [0.4, 0.5) is 0 Å². The Morgan fingerprint density at radius 1 is 1.19 bits per heavy atom. The molecule has 0 saturated carbocycles. The Kier molecular flexibility index (Phi) is 7.26. The molecule has 1 rings (SSSR count). The van der Waals surface area contributed by atoms with Crippen LogP contribution in [0.15, 0.2) is 28.7 Å². The molecular weight excluding hydrogens is 266 g/mol. The van der Waals surface area contributed by atoms with E-state index in [1.54, 1.807) is 0 Å². The van der Waals surface area contributed by atoms with Gasteiger partial charge in [0.15, 0.2) is 0 Å². The van der Waals surface area contributed by atoms with Gasteiger partial charge in [-0.05, 0) is 44.6 Å². The van der Waals surface area contributed by atoms with Gasteiger partial charge in [0.05, 0.1) is 6.61 Å². The van der Waals surface area contributed by atoms with Crippen LogP contribution in [-0.4, -0.2) is 20.2 Å². The van der Waals surface area contributed by atoms with Crippen molar-refractivity contribution in [2.24, 2.45) is 0 Å². The average Bonchev–Trinajstić information content (AvgIpc) is 2.28. The summed E-state index contributed by atoms with van der Waals surface area (Å²) in [6.07, 6.45) is 4.92. The molecule has 0 aliphatic rings. The summed E-state index contributed by atoms with van der Waals surface area (Å²) in [5.41, 5.74) is 0. The van der Waals surface area contributed by atoms with Crippen LogP contribution in [0, 0.1) is 0 Å². The van der Waals surface area contributed by atoms with E-state index < -0.39 is 0 Å². The van der Waals surface area contributed by atoms with Crippen molar-refractivity contribution in [2.45, 2.75) is 25.7 Å². The predicted octanol–water partition coefficient (Wildman–Crippen LogP) is 3.61. The third kappa shape index (κ3) is 6.13. The van der Waals surface area contributed by atoms with E-state index in [4.69, 9.17) is 4.74 Å². The van der Waals surface area contributed by atoms with E-state index in [9.17, 15) is 0 Å². The summed E-state index contributed by atoms with van der Waals surface area (Å²) >= 11 is 3.43. The largest absolute Gasteiger partial charge is 0.494 e. The first-order valence-corrected chi connectivity index (χ1v) is 6.65. The van der Waals surface area contributed by atoms with Crippen LogP contribution in [-0.2, 0) is 0 Å². The highest BCUT2D eigenvalue weighted by atomic mass is 79.9. The maximum absolute atomic E-state index is 5.65. The van der Waals surface area contributed by atoms with Gasteiger partial charge < -0.3 is 10.1 Å². The summed E-state index contributed by atoms with van der Waals surface area (Å²) in [5.74, 6) is 0.949. The van der Waals surface area contributed by atoms with Gasteiger partial charge >= 0.3 is 0 Å². The van der Waals surface area contributed by atoms with Crippen molar-refractivity contribution in [2.75, 3.05) is 20.2 Å². The van der Waals surface area contributed by atoms with Crippen LogP contribution < -0.4 is 10.1 Å². The number of nitrogens with one attached hydrogen (secondary N) is 1. The predicted molar refractivity (Wildman–Crippen MR) is 72.0 cm³/mol. The van der Waals surface area contributed by atoms with E-state index >= 15 is 0 Å². The molecule has 1 N–H and O–H groups in total. The molecule has 1 aromatic rings. The Labute approximate surface area is 107 Å². The summed E-state index contributed by atoms with van der Waals surface area (Å²) in [6.45, 7) is 1.93. The number of halogens is 1. The van der Waals surface area contributed by atoms with Gasteiger partial charge in [-0.25, -0.2) is 0 Å². The zero-order valence-corrected chi connectivity index (χ0v) is 11.4. The van der Waals surface area contributed by atoms with Crippen LogP contribution in [0.5, 0.6) is 5.75 Å². The van der Waals surface area contributed by atoms with Crippen LogP contribution in [0.3, 0.4) is 0 Å². The van der Waals surface area contributed by atoms with Gasteiger partial charge in [0.25, 0.3) is 0 Å². The lowest BCUT2D eigenvalue weighted by molar-refractivity contribution is 0.304. The number of unbranched alkanes of at least 4 members (excludes halogenated alkanes) is 3. The molecule has 0 unspecified atom stereocenters. The monoisotopic (exact) mass is 285 g/mol. The molecule has 0 fully saturated rings. The van der Waals surface area contributed by atoms with Gasteiger partial charge in [-0.2, -0.15) is 0 Å². The van der Waals surface area contributed by atoms with Crippen LogP contribution >= 0.6 is 15.9 Å². The van der Waals surface area contributed by atoms with E-state index in [2.05, 4.69) is 21.2 Å². The third-order valence-electron chi connectivity index (χ3n) is 2.39. The molecule has 0 aromatic heterocycles. The second-order valence-corrected chi connectivity index (χ2v) is 4.74. The summed E-state index contributed by atoms with van der Waals surface area (Å²) < 4.78 is 6.72. The standard InChI is InChI=1S/C13H20BrNO/c1-15-9-4-2-3-5-10-16-13-8-6-7-12(14)11-13/h6-8,11,15H,2-5,9-10H2,1H3. The second-order valence-electron chi connectivity index (χ2n) is 3.82. The first-order chi connectivity index (χ1) is 7.83. The van der Waals surface area contributed by atoms with E-state index in [-0.39, 0.29) is 0 Å². The maximum Gasteiger partial charge on any atom is 0.120 e. The zero-order chi connectivity index (χ0) is 11.6. The fourth-order valence-corrected chi connectivity index (χ4v) is 1.88. The van der Waals surface area contributed by atoms with Crippen molar-refractivity contribution in [1.82, 2.24) is 5.32 Å². The lowest BCUT2D eigenvalue weighted by Gasteiger charge is -2.06. The molecule has 0 spiro atoms. The van der Waals surface area contributed by atoms with E-state index in [1.807, 2.05) is 31.3 Å². The van der Waals surface area contributed by atoms with E-state index in [0.29, 0.717) is 0 Å². The first-order valence-electron chi connectivity index (χ1n) is 5.86. The Hall–Kier alpha value is -0.540. The second kappa shape index (κ2) is 8.59. The zero-order valence-electron chi connectivity index (χ0n) is 9.84. The number of hydrogen-bond acceptors (Lipinski definition) is 2. The number of hydrogen-bond donors (Lipinski definition) is 1. The Bertz CT molecular complexity index is 291. The topological polar surface area (TPSA) is 21.3 Å². The average molecular weight is 286 g/mol. The summed E-state index contributed by atoms with van der Waals surface area (Å²) in [4.78, 5) is 0. The highest BCUT2D eigenvalue weighted by Gasteiger charge is 1.94. The van der Waals surface area contributed by atoms with Gasteiger partial charge in [-0.1, -0.05) is 34.8 Å². The minimum absolute atomic E-state index is 0.815.